The first-order chi connectivity index (χ1) is 8.16. The Hall–Kier alpha value is -0.650. The van der Waals surface area contributed by atoms with Crippen LogP contribution in [-0.4, -0.2) is 32.4 Å². The quantitative estimate of drug-likeness (QED) is 0.811. The second-order valence-corrected chi connectivity index (χ2v) is 4.87. The van der Waals surface area contributed by atoms with Crippen LogP contribution in [0.15, 0.2) is 0 Å². The van der Waals surface area contributed by atoms with Crippen LogP contribution in [0.2, 0.25) is 10.4 Å². The lowest BCUT2D eigenvalue weighted by molar-refractivity contribution is 0.144. The molecule has 0 bridgehead atoms. The summed E-state index contributed by atoms with van der Waals surface area (Å²) in [6.45, 7) is 0. The number of anilines is 1. The topological polar surface area (TPSA) is 70.9 Å². The largest absolute Gasteiger partial charge is 0.391 e. The molecule has 94 valence electrons. The van der Waals surface area contributed by atoms with Gasteiger partial charge in [-0.1, -0.05) is 30.9 Å². The van der Waals surface area contributed by atoms with Gasteiger partial charge in [-0.3, -0.25) is 0 Å². The van der Waals surface area contributed by atoms with Crippen LogP contribution in [0.25, 0.3) is 0 Å². The van der Waals surface area contributed by atoms with E-state index in [1.165, 1.54) is 0 Å². The summed E-state index contributed by atoms with van der Waals surface area (Å²) in [5, 5.41) is 20.5. The van der Waals surface area contributed by atoms with Crippen LogP contribution in [0, 0.1) is 0 Å². The van der Waals surface area contributed by atoms with Crippen molar-refractivity contribution in [3.05, 3.63) is 10.4 Å². The van der Waals surface area contributed by atoms with Crippen LogP contribution in [-0.2, 0) is 0 Å². The third-order valence-electron chi connectivity index (χ3n) is 2.92. The maximum absolute atomic E-state index is 9.97. The molecule has 1 aromatic heterocycles. The van der Waals surface area contributed by atoms with Crippen LogP contribution < -0.4 is 5.32 Å². The van der Waals surface area contributed by atoms with Crippen molar-refractivity contribution in [2.45, 2.75) is 44.2 Å². The molecular weight excluding hydrogens is 263 g/mol. The highest BCUT2D eigenvalue weighted by Crippen LogP contribution is 2.24. The van der Waals surface area contributed by atoms with E-state index in [2.05, 4.69) is 20.5 Å². The fraction of sp³-hybridized carbons (Fsp3) is 0.700. The van der Waals surface area contributed by atoms with Gasteiger partial charge in [0.25, 0.3) is 0 Å². The van der Waals surface area contributed by atoms with Gasteiger partial charge in [-0.05, 0) is 24.4 Å². The van der Waals surface area contributed by atoms with Gasteiger partial charge in [0.15, 0.2) is 11.0 Å². The zero-order valence-corrected chi connectivity index (χ0v) is 10.7. The van der Waals surface area contributed by atoms with E-state index in [0.717, 1.165) is 32.1 Å². The minimum Gasteiger partial charge on any atom is -0.391 e. The maximum Gasteiger partial charge on any atom is 0.245 e. The third kappa shape index (κ3) is 3.40. The van der Waals surface area contributed by atoms with Gasteiger partial charge in [0.1, 0.15) is 0 Å². The summed E-state index contributed by atoms with van der Waals surface area (Å²) in [5.41, 5.74) is 0. The molecule has 0 saturated heterocycles. The Kier molecular flexibility index (Phi) is 4.36. The van der Waals surface area contributed by atoms with Crippen molar-refractivity contribution in [1.29, 1.82) is 0 Å². The summed E-state index contributed by atoms with van der Waals surface area (Å²) in [6.07, 6.45) is 4.57. The summed E-state index contributed by atoms with van der Waals surface area (Å²) in [4.78, 5) is 3.97. The number of nitrogens with zero attached hydrogens (tertiary/aromatic N) is 3. The minimum atomic E-state index is -0.387. The Morgan fingerprint density at radius 1 is 1.12 bits per heavy atom. The van der Waals surface area contributed by atoms with Gasteiger partial charge >= 0.3 is 0 Å². The molecule has 1 aliphatic carbocycles. The van der Waals surface area contributed by atoms with Gasteiger partial charge in [-0.2, -0.15) is 4.98 Å². The summed E-state index contributed by atoms with van der Waals surface area (Å²) in [7, 11) is 0. The van der Waals surface area contributed by atoms with E-state index in [9.17, 15) is 5.11 Å². The van der Waals surface area contributed by atoms with Crippen molar-refractivity contribution in [3.8, 4) is 0 Å². The standard InChI is InChI=1S/C10H14Cl2N4O/c11-8-9(14-10(12)16-15-8)13-6-4-2-1-3-5-7(6)17/h6-7,17H,1-5H2,(H,13,14,16). The van der Waals surface area contributed by atoms with Gasteiger partial charge in [0.05, 0.1) is 12.1 Å². The Balaban J connectivity index is 2.10. The maximum atomic E-state index is 9.97. The molecule has 1 aromatic rings. The molecule has 2 rings (SSSR count). The molecule has 5 nitrogen and oxygen atoms in total. The first-order valence-electron chi connectivity index (χ1n) is 5.67. The lowest BCUT2D eigenvalue weighted by Gasteiger charge is -2.22. The lowest BCUT2D eigenvalue weighted by atomic mass is 10.1. The van der Waals surface area contributed by atoms with Gasteiger partial charge in [0, 0.05) is 0 Å². The van der Waals surface area contributed by atoms with Gasteiger partial charge in [-0.15, -0.1) is 10.2 Å². The van der Waals surface area contributed by atoms with E-state index in [4.69, 9.17) is 23.2 Å². The molecule has 1 fully saturated rings. The zero-order valence-electron chi connectivity index (χ0n) is 9.24. The van der Waals surface area contributed by atoms with Crippen molar-refractivity contribution >= 4 is 29.0 Å². The average Bonchev–Trinajstić information content (AvgIpc) is 2.50. The second kappa shape index (κ2) is 5.80. The van der Waals surface area contributed by atoms with E-state index in [-0.39, 0.29) is 22.6 Å². The van der Waals surface area contributed by atoms with E-state index >= 15 is 0 Å². The predicted molar refractivity (Wildman–Crippen MR) is 66.3 cm³/mol. The molecule has 0 amide bonds. The number of rotatable bonds is 2. The van der Waals surface area contributed by atoms with Crippen LogP contribution in [0.1, 0.15) is 32.1 Å². The molecule has 1 heterocycles. The fourth-order valence-corrected chi connectivity index (χ4v) is 2.27. The summed E-state index contributed by atoms with van der Waals surface area (Å²) < 4.78 is 0. The first-order valence-corrected chi connectivity index (χ1v) is 6.43. The average molecular weight is 277 g/mol. The predicted octanol–water partition coefficient (Wildman–Crippen LogP) is 2.28. The summed E-state index contributed by atoms with van der Waals surface area (Å²) in [5.74, 6) is 0.387. The van der Waals surface area contributed by atoms with E-state index < -0.39 is 0 Å². The Morgan fingerprint density at radius 2 is 1.88 bits per heavy atom. The molecule has 0 aliphatic heterocycles. The first kappa shape index (κ1) is 12.8. The molecule has 0 radical (unpaired) electrons. The molecule has 17 heavy (non-hydrogen) atoms. The normalized spacial score (nSPS) is 25.4. The van der Waals surface area contributed by atoms with Crippen LogP contribution in [0.3, 0.4) is 0 Å². The number of aromatic nitrogens is 3. The van der Waals surface area contributed by atoms with Crippen LogP contribution in [0.5, 0.6) is 0 Å². The van der Waals surface area contributed by atoms with Crippen molar-refractivity contribution in [2.75, 3.05) is 5.32 Å². The SMILES string of the molecule is OC1CCCCCC1Nc1nc(Cl)nnc1Cl. The Labute approximate surface area is 110 Å². The lowest BCUT2D eigenvalue weighted by Crippen LogP contribution is -2.33. The second-order valence-electron chi connectivity index (χ2n) is 4.18. The van der Waals surface area contributed by atoms with E-state index in [0.29, 0.717) is 5.82 Å². The number of halogens is 2. The molecule has 0 spiro atoms. The number of nitrogens with one attached hydrogen (secondary N) is 1. The summed E-state index contributed by atoms with van der Waals surface area (Å²) >= 11 is 11.5. The molecule has 2 N–H and O–H groups in total. The molecule has 7 heteroatoms. The van der Waals surface area contributed by atoms with Crippen molar-refractivity contribution in [1.82, 2.24) is 15.2 Å². The van der Waals surface area contributed by atoms with Gasteiger partial charge < -0.3 is 10.4 Å². The number of hydrogen-bond acceptors (Lipinski definition) is 5. The Bertz CT molecular complexity index is 391. The monoisotopic (exact) mass is 276 g/mol. The van der Waals surface area contributed by atoms with Crippen LogP contribution in [0.4, 0.5) is 5.82 Å². The highest BCUT2D eigenvalue weighted by Gasteiger charge is 2.23. The Morgan fingerprint density at radius 3 is 2.71 bits per heavy atom. The fourth-order valence-electron chi connectivity index (χ4n) is 2.02. The highest BCUT2D eigenvalue weighted by molar-refractivity contribution is 6.32. The van der Waals surface area contributed by atoms with Crippen molar-refractivity contribution in [2.24, 2.45) is 0 Å². The summed E-state index contributed by atoms with van der Waals surface area (Å²) in [6, 6.07) is -0.0530. The van der Waals surface area contributed by atoms with Crippen molar-refractivity contribution < 1.29 is 5.11 Å². The molecule has 1 saturated carbocycles. The number of aliphatic hydroxyl groups is 1. The zero-order chi connectivity index (χ0) is 12.3. The smallest absolute Gasteiger partial charge is 0.245 e. The van der Waals surface area contributed by atoms with Crippen LogP contribution >= 0.6 is 23.2 Å². The van der Waals surface area contributed by atoms with Crippen molar-refractivity contribution in [3.63, 3.8) is 0 Å². The molecule has 2 unspecified atom stereocenters. The highest BCUT2D eigenvalue weighted by atomic mass is 35.5. The number of aliphatic hydroxyl groups excluding tert-OH is 1. The molecular formula is C10H14Cl2N4O. The third-order valence-corrected chi connectivity index (χ3v) is 3.34. The van der Waals surface area contributed by atoms with Gasteiger partial charge in [-0.25, -0.2) is 0 Å². The molecule has 2 atom stereocenters. The molecule has 1 aliphatic rings. The number of hydrogen-bond donors (Lipinski definition) is 2. The van der Waals surface area contributed by atoms with Gasteiger partial charge in [0.2, 0.25) is 5.28 Å². The molecule has 0 aromatic carbocycles. The minimum absolute atomic E-state index is 0.0417. The van der Waals surface area contributed by atoms with E-state index in [1.54, 1.807) is 0 Å². The van der Waals surface area contributed by atoms with E-state index in [1.807, 2.05) is 0 Å².